The quantitative estimate of drug-likeness (QED) is 0.460. The van der Waals surface area contributed by atoms with Crippen molar-refractivity contribution in [1.29, 1.82) is 0 Å². The summed E-state index contributed by atoms with van der Waals surface area (Å²) in [6.45, 7) is 5.68. The molecule has 27 heavy (non-hydrogen) atoms. The molecule has 3 aromatic rings. The number of rotatable bonds is 4. The van der Waals surface area contributed by atoms with Crippen LogP contribution >= 0.6 is 27.7 Å². The molecule has 1 aromatic carbocycles. The van der Waals surface area contributed by atoms with Crippen molar-refractivity contribution in [1.82, 2.24) is 20.2 Å². The lowest BCUT2D eigenvalue weighted by molar-refractivity contribution is 0.220. The molecule has 1 aliphatic rings. The van der Waals surface area contributed by atoms with Gasteiger partial charge in [0.05, 0.1) is 0 Å². The van der Waals surface area contributed by atoms with Crippen LogP contribution in [0.1, 0.15) is 17.6 Å². The van der Waals surface area contributed by atoms with Crippen LogP contribution in [0.3, 0.4) is 0 Å². The predicted molar refractivity (Wildman–Crippen MR) is 110 cm³/mol. The zero-order valence-corrected chi connectivity index (χ0v) is 16.9. The molecular weight excluding hydrogens is 426 g/mol. The molecule has 3 heterocycles. The summed E-state index contributed by atoms with van der Waals surface area (Å²) in [5, 5.41) is 12.6. The van der Waals surface area contributed by atoms with Gasteiger partial charge in [-0.3, -0.25) is 4.98 Å². The van der Waals surface area contributed by atoms with Crippen LogP contribution in [0.2, 0.25) is 0 Å². The fraction of sp³-hybridized carbons (Fsp3) is 0.158. The Labute approximate surface area is 169 Å². The summed E-state index contributed by atoms with van der Waals surface area (Å²) in [7, 11) is 0. The molecule has 0 aliphatic carbocycles. The zero-order chi connectivity index (χ0) is 18.8. The Hall–Kier alpha value is -2.45. The molecule has 8 heteroatoms. The number of hydrogen-bond acceptors (Lipinski definition) is 7. The maximum Gasteiger partial charge on any atom is 0.247 e. The first-order valence-electron chi connectivity index (χ1n) is 8.29. The Morgan fingerprint density at radius 1 is 1.26 bits per heavy atom. The second kappa shape index (κ2) is 7.66. The average molecular weight is 442 g/mol. The number of benzene rings is 1. The van der Waals surface area contributed by atoms with Crippen LogP contribution in [0.5, 0.6) is 5.88 Å². The summed E-state index contributed by atoms with van der Waals surface area (Å²) in [6, 6.07) is 11.8. The summed E-state index contributed by atoms with van der Waals surface area (Å²) in [5.74, 6) is 1.12. The van der Waals surface area contributed by atoms with Gasteiger partial charge in [-0.25, -0.2) is 0 Å². The number of nitrogens with one attached hydrogen (secondary N) is 1. The lowest BCUT2D eigenvalue weighted by Gasteiger charge is -2.18. The third-order valence-corrected chi connectivity index (χ3v) is 5.22. The smallest absolute Gasteiger partial charge is 0.247 e. The zero-order valence-electron chi connectivity index (χ0n) is 14.5. The van der Waals surface area contributed by atoms with Gasteiger partial charge in [-0.2, -0.15) is 4.98 Å². The predicted octanol–water partition coefficient (Wildman–Crippen LogP) is 4.79. The molecule has 0 saturated heterocycles. The van der Waals surface area contributed by atoms with Crippen LogP contribution in [-0.4, -0.2) is 25.9 Å². The van der Waals surface area contributed by atoms with Crippen LogP contribution in [0.25, 0.3) is 11.3 Å². The highest BCUT2D eigenvalue weighted by molar-refractivity contribution is 9.10. The molecule has 0 saturated carbocycles. The van der Waals surface area contributed by atoms with E-state index in [1.165, 1.54) is 11.8 Å². The Morgan fingerprint density at radius 3 is 2.96 bits per heavy atom. The number of hydrogen-bond donors (Lipinski definition) is 1. The molecule has 2 aromatic heterocycles. The normalized spacial score (nSPS) is 15.0. The molecule has 4 rings (SSSR count). The van der Waals surface area contributed by atoms with Gasteiger partial charge in [0, 0.05) is 27.2 Å². The second-order valence-corrected chi connectivity index (χ2v) is 7.79. The molecule has 0 amide bonds. The van der Waals surface area contributed by atoms with Crippen molar-refractivity contribution in [2.75, 3.05) is 11.1 Å². The number of anilines is 1. The Bertz CT molecular complexity index is 1010. The third-order valence-electron chi connectivity index (χ3n) is 3.90. The summed E-state index contributed by atoms with van der Waals surface area (Å²) >= 11 is 4.98. The van der Waals surface area contributed by atoms with Crippen LogP contribution in [0, 0.1) is 6.92 Å². The van der Waals surface area contributed by atoms with E-state index < -0.39 is 6.23 Å². The molecule has 6 nitrogen and oxygen atoms in total. The van der Waals surface area contributed by atoms with Crippen molar-refractivity contribution in [2.45, 2.75) is 18.3 Å². The molecule has 0 bridgehead atoms. The van der Waals surface area contributed by atoms with Crippen molar-refractivity contribution in [3.05, 3.63) is 64.9 Å². The number of fused-ring (bicyclic) bond motifs is 3. The van der Waals surface area contributed by atoms with Gasteiger partial charge in [0.15, 0.2) is 5.69 Å². The molecule has 1 atom stereocenters. The number of pyridine rings is 1. The van der Waals surface area contributed by atoms with E-state index in [1.54, 1.807) is 6.08 Å². The first-order chi connectivity index (χ1) is 13.1. The lowest BCUT2D eigenvalue weighted by Crippen LogP contribution is -2.18. The van der Waals surface area contributed by atoms with Gasteiger partial charge in [0.25, 0.3) is 0 Å². The van der Waals surface area contributed by atoms with E-state index in [4.69, 9.17) is 4.74 Å². The van der Waals surface area contributed by atoms with Gasteiger partial charge in [0.2, 0.25) is 17.3 Å². The summed E-state index contributed by atoms with van der Waals surface area (Å²) < 4.78 is 7.14. The fourth-order valence-electron chi connectivity index (χ4n) is 2.71. The molecule has 0 radical (unpaired) electrons. The van der Waals surface area contributed by atoms with Crippen molar-refractivity contribution in [3.63, 3.8) is 0 Å². The van der Waals surface area contributed by atoms with Gasteiger partial charge in [-0.05, 0) is 37.3 Å². The Balaban J connectivity index is 1.83. The van der Waals surface area contributed by atoms with Crippen LogP contribution in [0.15, 0.2) is 58.7 Å². The first kappa shape index (κ1) is 17.9. The van der Waals surface area contributed by atoms with Gasteiger partial charge in [0.1, 0.15) is 5.69 Å². The summed E-state index contributed by atoms with van der Waals surface area (Å²) in [4.78, 5) is 9.17. The van der Waals surface area contributed by atoms with Crippen molar-refractivity contribution < 1.29 is 4.74 Å². The number of ether oxygens (including phenoxy) is 1. The van der Waals surface area contributed by atoms with Crippen molar-refractivity contribution in [3.8, 4) is 17.1 Å². The Kier molecular flexibility index (Phi) is 5.09. The van der Waals surface area contributed by atoms with Gasteiger partial charge >= 0.3 is 0 Å². The van der Waals surface area contributed by atoms with E-state index in [9.17, 15) is 0 Å². The fourth-order valence-corrected chi connectivity index (χ4v) is 3.58. The number of aromatic nitrogens is 4. The highest BCUT2D eigenvalue weighted by atomic mass is 79.9. The monoisotopic (exact) mass is 441 g/mol. The molecule has 1 aliphatic heterocycles. The van der Waals surface area contributed by atoms with Crippen molar-refractivity contribution >= 4 is 33.4 Å². The minimum Gasteiger partial charge on any atom is -0.446 e. The standard InChI is InChI=1S/C19H16BrN5OS/c1-3-9-27-19-23-18-16(24-25-19)13-10-12(20)7-8-14(13)22-17(26-18)15-6-4-5-11(2)21-15/h3-8,10,17,22H,1,9H2,2H3. The molecule has 136 valence electrons. The van der Waals surface area contributed by atoms with E-state index in [0.717, 1.165) is 27.1 Å². The maximum absolute atomic E-state index is 6.20. The lowest BCUT2D eigenvalue weighted by atomic mass is 10.1. The number of nitrogens with zero attached hydrogens (tertiary/aromatic N) is 4. The number of halogens is 1. The topological polar surface area (TPSA) is 72.8 Å². The van der Waals surface area contributed by atoms with E-state index in [-0.39, 0.29) is 0 Å². The van der Waals surface area contributed by atoms with Crippen LogP contribution in [0.4, 0.5) is 5.69 Å². The molecule has 0 spiro atoms. The molecule has 1 unspecified atom stereocenters. The van der Waals surface area contributed by atoms with E-state index in [2.05, 4.69) is 48.0 Å². The van der Waals surface area contributed by atoms with Gasteiger partial charge < -0.3 is 10.1 Å². The number of thioether (sulfide) groups is 1. The Morgan fingerprint density at radius 2 is 2.15 bits per heavy atom. The van der Waals surface area contributed by atoms with Crippen LogP contribution < -0.4 is 10.1 Å². The second-order valence-electron chi connectivity index (χ2n) is 5.88. The molecule has 1 N–H and O–H groups in total. The highest BCUT2D eigenvalue weighted by Crippen LogP contribution is 2.40. The average Bonchev–Trinajstić information content (AvgIpc) is 2.82. The third kappa shape index (κ3) is 3.81. The van der Waals surface area contributed by atoms with E-state index >= 15 is 0 Å². The summed E-state index contributed by atoms with van der Waals surface area (Å²) in [5.41, 5.74) is 4.04. The van der Waals surface area contributed by atoms with Gasteiger partial charge in [-0.1, -0.05) is 39.8 Å². The van der Waals surface area contributed by atoms with E-state index in [0.29, 0.717) is 22.5 Å². The first-order valence-corrected chi connectivity index (χ1v) is 10.1. The van der Waals surface area contributed by atoms with Crippen LogP contribution in [-0.2, 0) is 0 Å². The molecule has 0 fully saturated rings. The van der Waals surface area contributed by atoms with Gasteiger partial charge in [-0.15, -0.1) is 16.8 Å². The van der Waals surface area contributed by atoms with Crippen molar-refractivity contribution in [2.24, 2.45) is 0 Å². The number of aryl methyl sites for hydroxylation is 1. The largest absolute Gasteiger partial charge is 0.446 e. The minimum absolute atomic E-state index is 0.425. The highest BCUT2D eigenvalue weighted by Gasteiger charge is 2.27. The maximum atomic E-state index is 6.20. The van der Waals surface area contributed by atoms with E-state index in [1.807, 2.05) is 43.3 Å². The summed E-state index contributed by atoms with van der Waals surface area (Å²) in [6.07, 6.45) is 1.31. The molecular formula is C19H16BrN5OS. The SMILES string of the molecule is C=CCSc1nnc2c(n1)OC(c1cccc(C)n1)Nc1ccc(Br)cc1-2. The minimum atomic E-state index is -0.486.